The van der Waals surface area contributed by atoms with Crippen molar-refractivity contribution >= 4 is 16.6 Å². The molecule has 4 nitrogen and oxygen atoms in total. The summed E-state index contributed by atoms with van der Waals surface area (Å²) in [5, 5.41) is 1.04. The topological polar surface area (TPSA) is 43.1 Å². The Bertz CT molecular complexity index is 2570. The van der Waals surface area contributed by atoms with Gasteiger partial charge in [-0.15, -0.1) is 0 Å². The van der Waals surface area contributed by atoms with E-state index >= 15 is 0 Å². The Morgan fingerprint density at radius 1 is 0.347 bits per heavy atom. The molecule has 9 aromatic rings. The molecule has 0 saturated carbocycles. The van der Waals surface area contributed by atoms with Crippen LogP contribution < -0.4 is 0 Å². The third-order valence-electron chi connectivity index (χ3n) is 9.02. The molecule has 0 unspecified atom stereocenters. The number of rotatable bonds is 6. The van der Waals surface area contributed by atoms with E-state index in [-0.39, 0.29) is 0 Å². The standard InChI is InChI=1S/C45H30N4/c1-4-14-31(15-5-1)36-28-37(30-38(29-36)45-46-40-21-11-10-20-39(40)42(48-45)33-16-6-2-7-17-33)32-23-25-34(26-24-32)43-44(35-18-8-3-9-19-35)49-27-13-12-22-41(49)47-43/h1-30H. The third kappa shape index (κ3) is 5.35. The van der Waals surface area contributed by atoms with Gasteiger partial charge in [0.25, 0.3) is 0 Å². The Balaban J connectivity index is 1.19. The summed E-state index contributed by atoms with van der Waals surface area (Å²) in [5.41, 5.74) is 13.5. The van der Waals surface area contributed by atoms with Crippen LogP contribution in [0.1, 0.15) is 0 Å². The van der Waals surface area contributed by atoms with E-state index in [1.165, 1.54) is 0 Å². The monoisotopic (exact) mass is 626 g/mol. The first-order valence-electron chi connectivity index (χ1n) is 16.4. The number of hydrogen-bond acceptors (Lipinski definition) is 3. The summed E-state index contributed by atoms with van der Waals surface area (Å²) in [7, 11) is 0. The van der Waals surface area contributed by atoms with Crippen molar-refractivity contribution in [3.8, 4) is 67.4 Å². The van der Waals surface area contributed by atoms with Crippen molar-refractivity contribution in [1.82, 2.24) is 19.4 Å². The van der Waals surface area contributed by atoms with Crippen molar-refractivity contribution in [2.75, 3.05) is 0 Å². The van der Waals surface area contributed by atoms with E-state index in [0.717, 1.165) is 78.1 Å². The lowest BCUT2D eigenvalue weighted by Gasteiger charge is -2.13. The predicted octanol–water partition coefficient (Wildman–Crippen LogP) is 11.3. The summed E-state index contributed by atoms with van der Waals surface area (Å²) in [5.74, 6) is 0.699. The molecule has 0 spiro atoms. The molecule has 0 aliphatic heterocycles. The normalized spacial score (nSPS) is 11.3. The maximum Gasteiger partial charge on any atom is 0.160 e. The number of imidazole rings is 1. The quantitative estimate of drug-likeness (QED) is 0.184. The molecule has 0 amide bonds. The van der Waals surface area contributed by atoms with Gasteiger partial charge in [-0.25, -0.2) is 15.0 Å². The SMILES string of the molecule is c1ccc(-c2cc(-c3ccc(-c4nc5ccccn5c4-c4ccccc4)cc3)cc(-c3nc(-c4ccccc4)c4ccccc4n3)c2)cc1. The minimum absolute atomic E-state index is 0.699. The van der Waals surface area contributed by atoms with E-state index < -0.39 is 0 Å². The van der Waals surface area contributed by atoms with E-state index in [1.54, 1.807) is 0 Å². The molecule has 0 saturated heterocycles. The molecular weight excluding hydrogens is 597 g/mol. The van der Waals surface area contributed by atoms with Gasteiger partial charge in [0, 0.05) is 33.8 Å². The molecule has 0 aliphatic rings. The fraction of sp³-hybridized carbons (Fsp3) is 0. The summed E-state index contributed by atoms with van der Waals surface area (Å²) in [6, 6.07) is 61.1. The Morgan fingerprint density at radius 3 is 1.59 bits per heavy atom. The van der Waals surface area contributed by atoms with Gasteiger partial charge in [0.05, 0.1) is 22.6 Å². The lowest BCUT2D eigenvalue weighted by molar-refractivity contribution is 1.19. The van der Waals surface area contributed by atoms with Crippen LogP contribution in [0.3, 0.4) is 0 Å². The van der Waals surface area contributed by atoms with Crippen LogP contribution in [0.25, 0.3) is 84.0 Å². The number of nitrogens with zero attached hydrogens (tertiary/aromatic N) is 4. The molecule has 230 valence electrons. The second-order valence-electron chi connectivity index (χ2n) is 12.1. The largest absolute Gasteiger partial charge is 0.299 e. The van der Waals surface area contributed by atoms with E-state index in [4.69, 9.17) is 15.0 Å². The number of para-hydroxylation sites is 1. The van der Waals surface area contributed by atoms with E-state index in [2.05, 4.69) is 150 Å². The summed E-state index contributed by atoms with van der Waals surface area (Å²) >= 11 is 0. The fourth-order valence-corrected chi connectivity index (χ4v) is 6.63. The Morgan fingerprint density at radius 2 is 0.878 bits per heavy atom. The maximum atomic E-state index is 5.20. The zero-order valence-corrected chi connectivity index (χ0v) is 26.6. The van der Waals surface area contributed by atoms with Gasteiger partial charge < -0.3 is 0 Å². The summed E-state index contributed by atoms with van der Waals surface area (Å²) in [4.78, 5) is 15.4. The van der Waals surface area contributed by atoms with Gasteiger partial charge in [-0.1, -0.05) is 140 Å². The highest BCUT2D eigenvalue weighted by Gasteiger charge is 2.17. The Kier molecular flexibility index (Phi) is 7.10. The zero-order valence-electron chi connectivity index (χ0n) is 26.6. The van der Waals surface area contributed by atoms with Crippen LogP contribution in [0.5, 0.6) is 0 Å². The first-order valence-corrected chi connectivity index (χ1v) is 16.4. The van der Waals surface area contributed by atoms with E-state index in [0.29, 0.717) is 5.82 Å². The van der Waals surface area contributed by atoms with Crippen LogP contribution in [0.2, 0.25) is 0 Å². The molecule has 49 heavy (non-hydrogen) atoms. The molecule has 0 N–H and O–H groups in total. The Hall–Kier alpha value is -6.65. The van der Waals surface area contributed by atoms with Gasteiger partial charge in [0.1, 0.15) is 5.65 Å². The molecule has 6 aromatic carbocycles. The summed E-state index contributed by atoms with van der Waals surface area (Å²) in [6.07, 6.45) is 2.08. The predicted molar refractivity (Wildman–Crippen MR) is 201 cm³/mol. The van der Waals surface area contributed by atoms with Crippen molar-refractivity contribution in [3.05, 3.63) is 182 Å². The lowest BCUT2D eigenvalue weighted by atomic mass is 9.94. The molecule has 0 fully saturated rings. The van der Waals surface area contributed by atoms with Crippen molar-refractivity contribution in [2.45, 2.75) is 0 Å². The molecule has 3 aromatic heterocycles. The lowest BCUT2D eigenvalue weighted by Crippen LogP contribution is -1.96. The minimum Gasteiger partial charge on any atom is -0.299 e. The average molecular weight is 627 g/mol. The second kappa shape index (κ2) is 12.2. The maximum absolute atomic E-state index is 5.20. The van der Waals surface area contributed by atoms with Gasteiger partial charge in [-0.3, -0.25) is 4.40 Å². The van der Waals surface area contributed by atoms with E-state index in [1.807, 2.05) is 36.4 Å². The van der Waals surface area contributed by atoms with Crippen LogP contribution >= 0.6 is 0 Å². The van der Waals surface area contributed by atoms with Gasteiger partial charge in [-0.05, 0) is 58.7 Å². The number of benzene rings is 6. The number of fused-ring (bicyclic) bond motifs is 2. The van der Waals surface area contributed by atoms with Crippen molar-refractivity contribution in [1.29, 1.82) is 0 Å². The number of pyridine rings is 1. The van der Waals surface area contributed by atoms with Gasteiger partial charge >= 0.3 is 0 Å². The van der Waals surface area contributed by atoms with Crippen molar-refractivity contribution in [2.24, 2.45) is 0 Å². The molecular formula is C45H30N4. The summed E-state index contributed by atoms with van der Waals surface area (Å²) in [6.45, 7) is 0. The van der Waals surface area contributed by atoms with Crippen molar-refractivity contribution in [3.63, 3.8) is 0 Å². The van der Waals surface area contributed by atoms with Crippen LogP contribution in [-0.2, 0) is 0 Å². The van der Waals surface area contributed by atoms with Gasteiger partial charge in [0.2, 0.25) is 0 Å². The van der Waals surface area contributed by atoms with E-state index in [9.17, 15) is 0 Å². The smallest absolute Gasteiger partial charge is 0.160 e. The zero-order chi connectivity index (χ0) is 32.6. The molecule has 0 aliphatic carbocycles. The van der Waals surface area contributed by atoms with Gasteiger partial charge in [0.15, 0.2) is 5.82 Å². The first kappa shape index (κ1) is 28.6. The molecule has 9 rings (SSSR count). The summed E-state index contributed by atoms with van der Waals surface area (Å²) < 4.78 is 2.17. The number of aromatic nitrogens is 4. The van der Waals surface area contributed by atoms with Crippen LogP contribution in [0.15, 0.2) is 182 Å². The highest BCUT2D eigenvalue weighted by molar-refractivity contribution is 5.94. The average Bonchev–Trinajstić information content (AvgIpc) is 3.58. The van der Waals surface area contributed by atoms with Gasteiger partial charge in [-0.2, -0.15) is 0 Å². The number of hydrogen-bond donors (Lipinski definition) is 0. The molecule has 4 heteroatoms. The first-order chi connectivity index (χ1) is 24.3. The molecule has 3 heterocycles. The van der Waals surface area contributed by atoms with Crippen LogP contribution in [0, 0.1) is 0 Å². The Labute approximate surface area is 284 Å². The van der Waals surface area contributed by atoms with Crippen LogP contribution in [-0.4, -0.2) is 19.4 Å². The molecule has 0 bridgehead atoms. The minimum atomic E-state index is 0.699. The molecule has 0 radical (unpaired) electrons. The van der Waals surface area contributed by atoms with Crippen LogP contribution in [0.4, 0.5) is 0 Å². The highest BCUT2D eigenvalue weighted by Crippen LogP contribution is 2.37. The second-order valence-corrected chi connectivity index (χ2v) is 12.1. The highest BCUT2D eigenvalue weighted by atomic mass is 15.0. The van der Waals surface area contributed by atoms with Crippen molar-refractivity contribution < 1.29 is 0 Å². The molecule has 0 atom stereocenters. The third-order valence-corrected chi connectivity index (χ3v) is 9.02. The fourth-order valence-electron chi connectivity index (χ4n) is 6.63.